The summed E-state index contributed by atoms with van der Waals surface area (Å²) in [4.78, 5) is 26.3. The standard InChI is InChI=1S/C19H20ClN3O2/c20-14-5-4-6-16(13-14)22-19(25)18(24)21-15-7-9-17(10-8-15)23-11-2-1-3-12-23/h4-10,13H,1-3,11-12H2,(H,21,24)(H,22,25). The van der Waals surface area contributed by atoms with Crippen molar-refractivity contribution in [1.82, 2.24) is 0 Å². The van der Waals surface area contributed by atoms with Crippen molar-refractivity contribution >= 4 is 40.5 Å². The fourth-order valence-electron chi connectivity index (χ4n) is 2.85. The Labute approximate surface area is 152 Å². The highest BCUT2D eigenvalue weighted by Crippen LogP contribution is 2.22. The third-order valence-electron chi connectivity index (χ3n) is 4.14. The van der Waals surface area contributed by atoms with Crippen LogP contribution in [0.1, 0.15) is 19.3 Å². The fourth-order valence-corrected chi connectivity index (χ4v) is 3.04. The summed E-state index contributed by atoms with van der Waals surface area (Å²) in [5, 5.41) is 5.62. The number of carbonyl (C=O) groups excluding carboxylic acids is 2. The summed E-state index contributed by atoms with van der Waals surface area (Å²) in [5.41, 5.74) is 2.21. The molecule has 25 heavy (non-hydrogen) atoms. The van der Waals surface area contributed by atoms with Gasteiger partial charge in [-0.3, -0.25) is 9.59 Å². The molecule has 0 atom stereocenters. The summed E-state index contributed by atoms with van der Waals surface area (Å²) < 4.78 is 0. The van der Waals surface area contributed by atoms with E-state index < -0.39 is 11.8 Å². The Morgan fingerprint density at radius 1 is 0.840 bits per heavy atom. The van der Waals surface area contributed by atoms with Gasteiger partial charge in [0.15, 0.2) is 0 Å². The summed E-state index contributed by atoms with van der Waals surface area (Å²) in [6.07, 6.45) is 3.71. The molecular weight excluding hydrogens is 338 g/mol. The molecule has 6 heteroatoms. The highest BCUT2D eigenvalue weighted by molar-refractivity contribution is 6.43. The number of amides is 2. The molecule has 0 spiro atoms. The molecule has 0 aliphatic carbocycles. The summed E-state index contributed by atoms with van der Waals surface area (Å²) in [6.45, 7) is 2.13. The molecule has 1 saturated heterocycles. The number of benzene rings is 2. The van der Waals surface area contributed by atoms with Crippen LogP contribution in [-0.4, -0.2) is 24.9 Å². The number of anilines is 3. The average molecular weight is 358 g/mol. The molecule has 5 nitrogen and oxygen atoms in total. The zero-order valence-electron chi connectivity index (χ0n) is 13.8. The van der Waals surface area contributed by atoms with Gasteiger partial charge in [-0.05, 0) is 61.7 Å². The van der Waals surface area contributed by atoms with Gasteiger partial charge in [-0.1, -0.05) is 17.7 Å². The summed E-state index contributed by atoms with van der Waals surface area (Å²) in [7, 11) is 0. The van der Waals surface area contributed by atoms with E-state index in [0.29, 0.717) is 16.4 Å². The topological polar surface area (TPSA) is 61.4 Å². The van der Waals surface area contributed by atoms with Crippen LogP contribution >= 0.6 is 11.6 Å². The third-order valence-corrected chi connectivity index (χ3v) is 4.37. The van der Waals surface area contributed by atoms with Gasteiger partial charge >= 0.3 is 11.8 Å². The first-order chi connectivity index (χ1) is 12.1. The first kappa shape index (κ1) is 17.3. The Morgan fingerprint density at radius 2 is 1.48 bits per heavy atom. The van der Waals surface area contributed by atoms with Gasteiger partial charge in [-0.2, -0.15) is 0 Å². The van der Waals surface area contributed by atoms with E-state index in [1.165, 1.54) is 19.3 Å². The quantitative estimate of drug-likeness (QED) is 0.819. The van der Waals surface area contributed by atoms with Gasteiger partial charge in [-0.15, -0.1) is 0 Å². The van der Waals surface area contributed by atoms with Gasteiger partial charge in [0.1, 0.15) is 0 Å². The van der Waals surface area contributed by atoms with Gasteiger partial charge in [0.2, 0.25) is 0 Å². The van der Waals surface area contributed by atoms with Crippen LogP contribution in [0.2, 0.25) is 5.02 Å². The number of nitrogens with one attached hydrogen (secondary N) is 2. The SMILES string of the molecule is O=C(Nc1ccc(N2CCCCC2)cc1)C(=O)Nc1cccc(Cl)c1. The van der Waals surface area contributed by atoms with E-state index in [1.807, 2.05) is 24.3 Å². The fraction of sp³-hybridized carbons (Fsp3) is 0.263. The predicted octanol–water partition coefficient (Wildman–Crippen LogP) is 3.91. The molecule has 0 radical (unpaired) electrons. The lowest BCUT2D eigenvalue weighted by Gasteiger charge is -2.28. The highest BCUT2D eigenvalue weighted by Gasteiger charge is 2.15. The highest BCUT2D eigenvalue weighted by atomic mass is 35.5. The molecule has 1 aliphatic rings. The molecule has 1 fully saturated rings. The number of carbonyl (C=O) groups is 2. The second-order valence-corrected chi connectivity index (χ2v) is 6.45. The monoisotopic (exact) mass is 357 g/mol. The zero-order valence-corrected chi connectivity index (χ0v) is 14.6. The van der Waals surface area contributed by atoms with E-state index in [9.17, 15) is 9.59 Å². The molecule has 3 rings (SSSR count). The average Bonchev–Trinajstić information content (AvgIpc) is 2.63. The number of nitrogens with zero attached hydrogens (tertiary/aromatic N) is 1. The minimum Gasteiger partial charge on any atom is -0.372 e. The predicted molar refractivity (Wildman–Crippen MR) is 101 cm³/mol. The van der Waals surface area contributed by atoms with E-state index in [-0.39, 0.29) is 0 Å². The lowest BCUT2D eigenvalue weighted by atomic mass is 10.1. The molecule has 0 unspecified atom stereocenters. The van der Waals surface area contributed by atoms with Gasteiger partial charge in [-0.25, -0.2) is 0 Å². The minimum atomic E-state index is -0.734. The van der Waals surface area contributed by atoms with E-state index in [2.05, 4.69) is 15.5 Å². The Morgan fingerprint density at radius 3 is 2.12 bits per heavy atom. The van der Waals surface area contributed by atoms with Crippen molar-refractivity contribution < 1.29 is 9.59 Å². The van der Waals surface area contributed by atoms with Crippen LogP contribution in [-0.2, 0) is 9.59 Å². The van der Waals surface area contributed by atoms with E-state index >= 15 is 0 Å². The maximum Gasteiger partial charge on any atom is 0.314 e. The van der Waals surface area contributed by atoms with Crippen molar-refractivity contribution in [3.05, 3.63) is 53.6 Å². The van der Waals surface area contributed by atoms with Crippen LogP contribution in [0.5, 0.6) is 0 Å². The molecule has 0 aromatic heterocycles. The van der Waals surface area contributed by atoms with Crippen molar-refractivity contribution in [2.75, 3.05) is 28.6 Å². The summed E-state index contributed by atoms with van der Waals surface area (Å²) in [6, 6.07) is 14.2. The third kappa shape index (κ3) is 4.73. The molecule has 0 saturated carbocycles. The second-order valence-electron chi connectivity index (χ2n) is 6.01. The number of hydrogen-bond acceptors (Lipinski definition) is 3. The van der Waals surface area contributed by atoms with Crippen LogP contribution in [0.15, 0.2) is 48.5 Å². The van der Waals surface area contributed by atoms with E-state index in [0.717, 1.165) is 18.8 Å². The van der Waals surface area contributed by atoms with Gasteiger partial charge in [0.05, 0.1) is 0 Å². The van der Waals surface area contributed by atoms with E-state index in [1.54, 1.807) is 24.3 Å². The molecule has 2 amide bonds. The van der Waals surface area contributed by atoms with Gasteiger partial charge in [0, 0.05) is 35.2 Å². The zero-order chi connectivity index (χ0) is 17.6. The molecular formula is C19H20ClN3O2. The summed E-state index contributed by atoms with van der Waals surface area (Å²) in [5.74, 6) is -1.45. The molecule has 130 valence electrons. The number of hydrogen-bond donors (Lipinski definition) is 2. The summed E-state index contributed by atoms with van der Waals surface area (Å²) >= 11 is 5.86. The first-order valence-electron chi connectivity index (χ1n) is 8.35. The van der Waals surface area contributed by atoms with Gasteiger partial charge in [0.25, 0.3) is 0 Å². The Hall–Kier alpha value is -2.53. The maximum atomic E-state index is 12.0. The largest absolute Gasteiger partial charge is 0.372 e. The van der Waals surface area contributed by atoms with Crippen LogP contribution in [0.4, 0.5) is 17.1 Å². The normalized spacial score (nSPS) is 14.0. The smallest absolute Gasteiger partial charge is 0.314 e. The maximum absolute atomic E-state index is 12.0. The van der Waals surface area contributed by atoms with Gasteiger partial charge < -0.3 is 15.5 Å². The molecule has 1 aliphatic heterocycles. The lowest BCUT2D eigenvalue weighted by molar-refractivity contribution is -0.132. The number of halogens is 1. The van der Waals surface area contributed by atoms with Crippen LogP contribution in [0.25, 0.3) is 0 Å². The molecule has 1 heterocycles. The molecule has 2 N–H and O–H groups in total. The minimum absolute atomic E-state index is 0.480. The second kappa shape index (κ2) is 8.03. The number of rotatable bonds is 3. The molecule has 2 aromatic rings. The van der Waals surface area contributed by atoms with Crippen LogP contribution < -0.4 is 15.5 Å². The van der Waals surface area contributed by atoms with Crippen molar-refractivity contribution in [3.63, 3.8) is 0 Å². The van der Waals surface area contributed by atoms with Crippen LogP contribution in [0, 0.1) is 0 Å². The first-order valence-corrected chi connectivity index (χ1v) is 8.72. The van der Waals surface area contributed by atoms with E-state index in [4.69, 9.17) is 11.6 Å². The Kier molecular flexibility index (Phi) is 5.56. The molecule has 0 bridgehead atoms. The molecule has 2 aromatic carbocycles. The van der Waals surface area contributed by atoms with Crippen molar-refractivity contribution in [3.8, 4) is 0 Å². The van der Waals surface area contributed by atoms with Crippen LogP contribution in [0.3, 0.4) is 0 Å². The van der Waals surface area contributed by atoms with Crippen molar-refractivity contribution in [2.24, 2.45) is 0 Å². The lowest BCUT2D eigenvalue weighted by Crippen LogP contribution is -2.30. The van der Waals surface area contributed by atoms with Crippen molar-refractivity contribution in [2.45, 2.75) is 19.3 Å². The van der Waals surface area contributed by atoms with Crippen molar-refractivity contribution in [1.29, 1.82) is 0 Å². The Balaban J connectivity index is 1.57. The Bertz CT molecular complexity index is 756. The number of piperidine rings is 1.